The Hall–Kier alpha value is -1.06. The van der Waals surface area contributed by atoms with Crippen LogP contribution in [0.1, 0.15) is 46.5 Å². The molecule has 0 radical (unpaired) electrons. The molecule has 1 fully saturated rings. The first-order valence-electron chi connectivity index (χ1n) is 5.97. The first-order chi connectivity index (χ1) is 7.45. The fourth-order valence-corrected chi connectivity index (χ4v) is 2.61. The maximum atomic E-state index is 11.4. The van der Waals surface area contributed by atoms with Gasteiger partial charge in [0.1, 0.15) is 6.04 Å². The predicted octanol–water partition coefficient (Wildman–Crippen LogP) is 1.79. The summed E-state index contributed by atoms with van der Waals surface area (Å²) in [5.74, 6) is -0.581. The number of amides is 1. The lowest BCUT2D eigenvalue weighted by Crippen LogP contribution is -2.44. The summed E-state index contributed by atoms with van der Waals surface area (Å²) in [6, 6.07) is -0.709. The molecule has 1 aliphatic heterocycles. The zero-order chi connectivity index (χ0) is 12.3. The van der Waals surface area contributed by atoms with E-state index in [1.807, 2.05) is 6.92 Å². The van der Waals surface area contributed by atoms with Gasteiger partial charge < -0.3 is 10.4 Å². The van der Waals surface area contributed by atoms with Crippen molar-refractivity contribution in [2.24, 2.45) is 11.3 Å². The number of carboxylic acid groups (broad SMARTS) is 1. The van der Waals surface area contributed by atoms with Gasteiger partial charge in [-0.15, -0.1) is 0 Å². The van der Waals surface area contributed by atoms with Crippen molar-refractivity contribution in [2.75, 3.05) is 0 Å². The van der Waals surface area contributed by atoms with E-state index in [0.29, 0.717) is 12.3 Å². The first-order valence-corrected chi connectivity index (χ1v) is 5.97. The number of hydrogen-bond donors (Lipinski definition) is 2. The lowest BCUT2D eigenvalue weighted by atomic mass is 9.71. The molecule has 1 aliphatic rings. The third-order valence-electron chi connectivity index (χ3n) is 3.83. The Labute approximate surface area is 96.4 Å². The van der Waals surface area contributed by atoms with Crippen molar-refractivity contribution in [2.45, 2.75) is 52.5 Å². The summed E-state index contributed by atoms with van der Waals surface area (Å²) in [4.78, 5) is 22.6. The lowest BCUT2D eigenvalue weighted by molar-refractivity contribution is -0.142. The molecular weight excluding hydrogens is 206 g/mol. The quantitative estimate of drug-likeness (QED) is 0.752. The Morgan fingerprint density at radius 3 is 2.69 bits per heavy atom. The van der Waals surface area contributed by atoms with Crippen LogP contribution in [-0.4, -0.2) is 23.0 Å². The Morgan fingerprint density at radius 1 is 1.62 bits per heavy atom. The Kier molecular flexibility index (Phi) is 3.94. The normalized spacial score (nSPS) is 31.2. The van der Waals surface area contributed by atoms with E-state index in [1.54, 1.807) is 0 Å². The van der Waals surface area contributed by atoms with E-state index in [1.165, 1.54) is 0 Å². The fraction of sp³-hybridized carbons (Fsp3) is 0.833. The molecule has 1 rings (SSSR count). The zero-order valence-corrected chi connectivity index (χ0v) is 10.2. The van der Waals surface area contributed by atoms with Gasteiger partial charge in [0, 0.05) is 11.8 Å². The van der Waals surface area contributed by atoms with E-state index in [4.69, 9.17) is 5.11 Å². The van der Waals surface area contributed by atoms with Gasteiger partial charge in [-0.2, -0.15) is 0 Å². The number of aliphatic carboxylic acids is 1. The molecule has 0 aromatic carbocycles. The second-order valence-electron chi connectivity index (χ2n) is 4.95. The van der Waals surface area contributed by atoms with Crippen LogP contribution in [0.2, 0.25) is 0 Å². The molecule has 0 bridgehead atoms. The van der Waals surface area contributed by atoms with E-state index in [0.717, 1.165) is 19.3 Å². The largest absolute Gasteiger partial charge is 0.480 e. The molecule has 1 heterocycles. The maximum Gasteiger partial charge on any atom is 0.326 e. The van der Waals surface area contributed by atoms with Gasteiger partial charge in [-0.05, 0) is 18.8 Å². The van der Waals surface area contributed by atoms with Crippen molar-refractivity contribution in [3.8, 4) is 0 Å². The number of carbonyl (C=O) groups is 2. The molecule has 0 aliphatic carbocycles. The monoisotopic (exact) mass is 227 g/mol. The van der Waals surface area contributed by atoms with Crippen LogP contribution in [-0.2, 0) is 9.59 Å². The van der Waals surface area contributed by atoms with E-state index in [9.17, 15) is 9.59 Å². The van der Waals surface area contributed by atoms with Crippen LogP contribution >= 0.6 is 0 Å². The summed E-state index contributed by atoms with van der Waals surface area (Å²) in [5.41, 5.74) is -0.391. The van der Waals surface area contributed by atoms with Crippen LogP contribution in [0.15, 0.2) is 0 Å². The van der Waals surface area contributed by atoms with Crippen molar-refractivity contribution in [3.05, 3.63) is 0 Å². The Morgan fingerprint density at radius 2 is 2.25 bits per heavy atom. The minimum atomic E-state index is -0.906. The smallest absolute Gasteiger partial charge is 0.326 e. The second-order valence-corrected chi connectivity index (χ2v) is 4.95. The lowest BCUT2D eigenvalue weighted by Gasteiger charge is -2.33. The average molecular weight is 227 g/mol. The van der Waals surface area contributed by atoms with Gasteiger partial charge in [0.15, 0.2) is 0 Å². The van der Waals surface area contributed by atoms with Gasteiger partial charge in [0.05, 0.1) is 0 Å². The fourth-order valence-electron chi connectivity index (χ4n) is 2.61. The van der Waals surface area contributed by atoms with Crippen molar-refractivity contribution < 1.29 is 14.7 Å². The third-order valence-corrected chi connectivity index (χ3v) is 3.83. The van der Waals surface area contributed by atoms with Crippen LogP contribution in [0, 0.1) is 11.3 Å². The molecule has 0 spiro atoms. The van der Waals surface area contributed by atoms with E-state index < -0.39 is 17.4 Å². The Balaban J connectivity index is 2.90. The molecule has 4 nitrogen and oxygen atoms in total. The van der Waals surface area contributed by atoms with E-state index >= 15 is 0 Å². The minimum absolute atomic E-state index is 0.127. The molecule has 4 heteroatoms. The minimum Gasteiger partial charge on any atom is -0.480 e. The van der Waals surface area contributed by atoms with Gasteiger partial charge >= 0.3 is 5.97 Å². The van der Waals surface area contributed by atoms with Gasteiger partial charge in [-0.1, -0.05) is 27.2 Å². The highest BCUT2D eigenvalue weighted by atomic mass is 16.4. The van der Waals surface area contributed by atoms with Gasteiger partial charge in [0.2, 0.25) is 5.91 Å². The van der Waals surface area contributed by atoms with Gasteiger partial charge in [0.25, 0.3) is 0 Å². The summed E-state index contributed by atoms with van der Waals surface area (Å²) in [7, 11) is 0. The van der Waals surface area contributed by atoms with Crippen molar-refractivity contribution in [1.29, 1.82) is 0 Å². The topological polar surface area (TPSA) is 66.4 Å². The molecule has 3 atom stereocenters. The van der Waals surface area contributed by atoms with Crippen LogP contribution in [0.4, 0.5) is 0 Å². The highest BCUT2D eigenvalue weighted by Gasteiger charge is 2.49. The van der Waals surface area contributed by atoms with Gasteiger partial charge in [-0.25, -0.2) is 4.79 Å². The van der Waals surface area contributed by atoms with Crippen molar-refractivity contribution in [3.63, 3.8) is 0 Å². The van der Waals surface area contributed by atoms with Crippen LogP contribution in [0.3, 0.4) is 0 Å². The van der Waals surface area contributed by atoms with Crippen LogP contribution < -0.4 is 5.32 Å². The van der Waals surface area contributed by atoms with Crippen molar-refractivity contribution in [1.82, 2.24) is 5.32 Å². The molecule has 3 unspecified atom stereocenters. The molecule has 16 heavy (non-hydrogen) atoms. The Bertz CT molecular complexity index is 290. The molecule has 0 aromatic heterocycles. The summed E-state index contributed by atoms with van der Waals surface area (Å²) in [5, 5.41) is 11.8. The number of nitrogens with one attached hydrogen (secondary N) is 1. The molecule has 92 valence electrons. The number of carbonyl (C=O) groups excluding carboxylic acids is 1. The summed E-state index contributed by atoms with van der Waals surface area (Å²) in [6.45, 7) is 6.17. The standard InChI is InChI=1S/C12H21NO3/c1-4-8(3)6-12(5-2)7-9(14)13-10(12)11(15)16/h8,10H,4-7H2,1-3H3,(H,13,14)(H,15,16). The van der Waals surface area contributed by atoms with E-state index in [-0.39, 0.29) is 5.91 Å². The number of carboxylic acids is 1. The molecule has 1 saturated heterocycles. The SMILES string of the molecule is CCC(C)CC1(CC)CC(=O)NC1C(=O)O. The summed E-state index contributed by atoms with van der Waals surface area (Å²) < 4.78 is 0. The highest BCUT2D eigenvalue weighted by Crippen LogP contribution is 2.42. The maximum absolute atomic E-state index is 11.4. The third kappa shape index (κ3) is 2.36. The van der Waals surface area contributed by atoms with E-state index in [2.05, 4.69) is 19.2 Å². The molecule has 0 saturated carbocycles. The summed E-state index contributed by atoms with van der Waals surface area (Å²) >= 11 is 0. The highest BCUT2D eigenvalue weighted by molar-refractivity contribution is 5.89. The molecule has 1 amide bonds. The zero-order valence-electron chi connectivity index (χ0n) is 10.2. The van der Waals surface area contributed by atoms with Crippen LogP contribution in [0.25, 0.3) is 0 Å². The molecule has 2 N–H and O–H groups in total. The first kappa shape index (κ1) is 13.0. The molecule has 0 aromatic rings. The van der Waals surface area contributed by atoms with Crippen LogP contribution in [0.5, 0.6) is 0 Å². The van der Waals surface area contributed by atoms with Crippen molar-refractivity contribution >= 4 is 11.9 Å². The summed E-state index contributed by atoms with van der Waals surface area (Å²) in [6.07, 6.45) is 2.90. The number of hydrogen-bond acceptors (Lipinski definition) is 2. The average Bonchev–Trinajstić information content (AvgIpc) is 2.56. The van der Waals surface area contributed by atoms with Gasteiger partial charge in [-0.3, -0.25) is 4.79 Å². The second kappa shape index (κ2) is 4.85. The number of rotatable bonds is 5. The molecular formula is C12H21NO3. The predicted molar refractivity (Wildman–Crippen MR) is 61.0 cm³/mol.